The van der Waals surface area contributed by atoms with Crippen LogP contribution in [-0.4, -0.2) is 21.4 Å². The van der Waals surface area contributed by atoms with E-state index in [1.54, 1.807) is 0 Å². The Morgan fingerprint density at radius 3 is 2.74 bits per heavy atom. The normalized spacial score (nSPS) is 26.3. The van der Waals surface area contributed by atoms with Crippen LogP contribution in [0.15, 0.2) is 12.4 Å². The number of ether oxygens (including phenoxy) is 1. The molecule has 3 atom stereocenters. The second kappa shape index (κ2) is 4.99. The van der Waals surface area contributed by atoms with Crippen molar-refractivity contribution < 1.29 is 9.53 Å². The summed E-state index contributed by atoms with van der Waals surface area (Å²) in [7, 11) is 0. The zero-order chi connectivity index (χ0) is 14.2. The topological polar surface area (TPSA) is 44.1 Å². The predicted octanol–water partition coefficient (Wildman–Crippen LogP) is 2.98. The van der Waals surface area contributed by atoms with Crippen LogP contribution in [0.1, 0.15) is 52.5 Å². The van der Waals surface area contributed by atoms with Gasteiger partial charge in [0.2, 0.25) is 0 Å². The minimum absolute atomic E-state index is 0.00139. The maximum absolute atomic E-state index is 12.1. The van der Waals surface area contributed by atoms with Crippen molar-refractivity contribution in [2.24, 2.45) is 11.8 Å². The van der Waals surface area contributed by atoms with Crippen LogP contribution in [-0.2, 0) is 16.1 Å². The Morgan fingerprint density at radius 1 is 1.47 bits per heavy atom. The molecule has 1 fully saturated rings. The van der Waals surface area contributed by atoms with Gasteiger partial charge in [-0.2, -0.15) is 5.10 Å². The van der Waals surface area contributed by atoms with Crippen LogP contribution in [0.3, 0.4) is 0 Å². The molecule has 1 aromatic heterocycles. The third kappa shape index (κ3) is 3.17. The van der Waals surface area contributed by atoms with E-state index < -0.39 is 5.60 Å². The van der Waals surface area contributed by atoms with Crippen molar-refractivity contribution >= 4 is 5.97 Å². The molecule has 0 saturated heterocycles. The molecule has 1 unspecified atom stereocenters. The van der Waals surface area contributed by atoms with Crippen molar-refractivity contribution in [1.29, 1.82) is 0 Å². The van der Waals surface area contributed by atoms with Gasteiger partial charge in [0.1, 0.15) is 5.60 Å². The highest BCUT2D eigenvalue weighted by Crippen LogP contribution is 2.54. The first-order chi connectivity index (χ1) is 8.83. The number of aryl methyl sites for hydroxylation is 1. The van der Waals surface area contributed by atoms with Gasteiger partial charge in [0.05, 0.1) is 12.1 Å². The number of hydrogen-bond acceptors (Lipinski definition) is 3. The van der Waals surface area contributed by atoms with Crippen molar-refractivity contribution in [3.05, 3.63) is 18.0 Å². The lowest BCUT2D eigenvalue weighted by Crippen LogP contribution is -2.25. The molecule has 0 amide bonds. The third-order valence-corrected chi connectivity index (χ3v) is 3.55. The Hall–Kier alpha value is -1.32. The molecule has 1 aliphatic carbocycles. The predicted molar refractivity (Wildman–Crippen MR) is 73.8 cm³/mol. The summed E-state index contributed by atoms with van der Waals surface area (Å²) in [6, 6.07) is 0. The Morgan fingerprint density at radius 2 is 2.16 bits per heavy atom. The Bertz CT molecular complexity index is 459. The second-order valence-corrected chi connectivity index (χ2v) is 6.48. The van der Waals surface area contributed by atoms with E-state index in [1.165, 1.54) is 0 Å². The van der Waals surface area contributed by atoms with E-state index >= 15 is 0 Å². The molecular weight excluding hydrogens is 240 g/mol. The first-order valence-electron chi connectivity index (χ1n) is 7.08. The fraction of sp³-hybridized carbons (Fsp3) is 0.733. The lowest BCUT2D eigenvalue weighted by molar-refractivity contribution is -0.156. The molecule has 1 heterocycles. The Labute approximate surface area is 115 Å². The monoisotopic (exact) mass is 264 g/mol. The first-order valence-corrected chi connectivity index (χ1v) is 7.08. The summed E-state index contributed by atoms with van der Waals surface area (Å²) in [6.07, 6.45) is 5.02. The van der Waals surface area contributed by atoms with Crippen LogP contribution in [0.2, 0.25) is 0 Å². The lowest BCUT2D eigenvalue weighted by atomic mass is 10.1. The van der Waals surface area contributed by atoms with E-state index in [0.717, 1.165) is 18.5 Å². The summed E-state index contributed by atoms with van der Waals surface area (Å²) in [4.78, 5) is 12.1. The molecule has 1 aromatic rings. The summed E-state index contributed by atoms with van der Waals surface area (Å²) in [6.45, 7) is 10.9. The number of carbonyl (C=O) groups is 1. The Kier molecular flexibility index (Phi) is 3.70. The molecule has 0 radical (unpaired) electrons. The average molecular weight is 264 g/mol. The van der Waals surface area contributed by atoms with Gasteiger partial charge in [0.25, 0.3) is 0 Å². The molecule has 0 N–H and O–H groups in total. The van der Waals surface area contributed by atoms with Gasteiger partial charge >= 0.3 is 5.97 Å². The molecule has 0 spiro atoms. The fourth-order valence-corrected chi connectivity index (χ4v) is 2.61. The van der Waals surface area contributed by atoms with Gasteiger partial charge in [0, 0.05) is 18.7 Å². The van der Waals surface area contributed by atoms with E-state index in [0.29, 0.717) is 5.92 Å². The molecular formula is C15H24N2O2. The largest absolute Gasteiger partial charge is 0.460 e. The van der Waals surface area contributed by atoms with E-state index in [1.807, 2.05) is 31.6 Å². The van der Waals surface area contributed by atoms with E-state index in [2.05, 4.69) is 25.1 Å². The van der Waals surface area contributed by atoms with Crippen LogP contribution in [0.5, 0.6) is 0 Å². The van der Waals surface area contributed by atoms with Gasteiger partial charge in [-0.15, -0.1) is 0 Å². The van der Waals surface area contributed by atoms with Gasteiger partial charge in [-0.25, -0.2) is 0 Å². The maximum Gasteiger partial charge on any atom is 0.310 e. The standard InChI is InChI=1S/C15H24N2O2/c1-6-7-17-9-11(8-16-17)12-10(2)13(12)14(18)19-15(3,4)5/h8-10,12-13H,6-7H2,1-5H3/t10?,12-,13+/m1/s1. The molecule has 1 aliphatic rings. The van der Waals surface area contributed by atoms with Crippen LogP contribution >= 0.6 is 0 Å². The summed E-state index contributed by atoms with van der Waals surface area (Å²) in [5.74, 6) is 0.557. The van der Waals surface area contributed by atoms with E-state index in [9.17, 15) is 4.79 Å². The summed E-state index contributed by atoms with van der Waals surface area (Å²) in [5.41, 5.74) is 0.757. The molecule has 4 heteroatoms. The summed E-state index contributed by atoms with van der Waals surface area (Å²) < 4.78 is 7.42. The van der Waals surface area contributed by atoms with Crippen molar-refractivity contribution in [3.8, 4) is 0 Å². The quantitative estimate of drug-likeness (QED) is 0.785. The van der Waals surface area contributed by atoms with Crippen molar-refractivity contribution in [3.63, 3.8) is 0 Å². The molecule has 19 heavy (non-hydrogen) atoms. The fourth-order valence-electron chi connectivity index (χ4n) is 2.61. The zero-order valence-corrected chi connectivity index (χ0v) is 12.5. The number of carbonyl (C=O) groups excluding carboxylic acids is 1. The van der Waals surface area contributed by atoms with E-state index in [4.69, 9.17) is 4.74 Å². The van der Waals surface area contributed by atoms with Gasteiger partial charge < -0.3 is 4.74 Å². The molecule has 4 nitrogen and oxygen atoms in total. The zero-order valence-electron chi connectivity index (χ0n) is 12.5. The van der Waals surface area contributed by atoms with Gasteiger partial charge in [-0.05, 0) is 38.7 Å². The van der Waals surface area contributed by atoms with Gasteiger partial charge in [-0.3, -0.25) is 9.48 Å². The molecule has 0 aromatic carbocycles. The third-order valence-electron chi connectivity index (χ3n) is 3.55. The van der Waals surface area contributed by atoms with Crippen molar-refractivity contribution in [2.75, 3.05) is 0 Å². The average Bonchev–Trinajstić information content (AvgIpc) is 2.73. The number of esters is 1. The van der Waals surface area contributed by atoms with Gasteiger partial charge in [0.15, 0.2) is 0 Å². The molecule has 1 saturated carbocycles. The minimum Gasteiger partial charge on any atom is -0.460 e. The number of hydrogen-bond donors (Lipinski definition) is 0. The van der Waals surface area contributed by atoms with Crippen LogP contribution in [0.25, 0.3) is 0 Å². The summed E-state index contributed by atoms with van der Waals surface area (Å²) in [5, 5.41) is 4.33. The first kappa shape index (κ1) is 14.1. The van der Waals surface area contributed by atoms with Crippen molar-refractivity contribution in [1.82, 2.24) is 9.78 Å². The minimum atomic E-state index is -0.406. The van der Waals surface area contributed by atoms with E-state index in [-0.39, 0.29) is 17.8 Å². The summed E-state index contributed by atoms with van der Waals surface area (Å²) >= 11 is 0. The molecule has 0 aliphatic heterocycles. The Balaban J connectivity index is 2.01. The molecule has 0 bridgehead atoms. The van der Waals surface area contributed by atoms with Crippen LogP contribution in [0, 0.1) is 11.8 Å². The maximum atomic E-state index is 12.1. The second-order valence-electron chi connectivity index (χ2n) is 6.48. The number of aromatic nitrogens is 2. The lowest BCUT2D eigenvalue weighted by Gasteiger charge is -2.19. The number of rotatable bonds is 4. The number of nitrogens with zero attached hydrogens (tertiary/aromatic N) is 2. The van der Waals surface area contributed by atoms with Crippen LogP contribution in [0.4, 0.5) is 0 Å². The smallest absolute Gasteiger partial charge is 0.310 e. The van der Waals surface area contributed by atoms with Crippen LogP contribution < -0.4 is 0 Å². The van der Waals surface area contributed by atoms with Gasteiger partial charge in [-0.1, -0.05) is 13.8 Å². The molecule has 2 rings (SSSR count). The highest BCUT2D eigenvalue weighted by Gasteiger charge is 2.54. The highest BCUT2D eigenvalue weighted by atomic mass is 16.6. The van der Waals surface area contributed by atoms with Crippen molar-refractivity contribution in [2.45, 2.75) is 59.1 Å². The highest BCUT2D eigenvalue weighted by molar-refractivity contribution is 5.78. The SMILES string of the molecule is CCCn1cc([C@H]2C(C)[C@@H]2C(=O)OC(C)(C)C)cn1. The molecule has 106 valence electrons.